The lowest BCUT2D eigenvalue weighted by molar-refractivity contribution is -0.665. The third-order valence-electron chi connectivity index (χ3n) is 5.26. The van der Waals surface area contributed by atoms with Crippen molar-refractivity contribution in [2.24, 2.45) is 0 Å². The van der Waals surface area contributed by atoms with Gasteiger partial charge >= 0.3 is 6.09 Å². The summed E-state index contributed by atoms with van der Waals surface area (Å²) in [4.78, 5) is 15.6. The fourth-order valence-electron chi connectivity index (χ4n) is 3.62. The lowest BCUT2D eigenvalue weighted by Gasteiger charge is -2.36. The molecule has 0 saturated carbocycles. The number of alkyl carbamates (subject to hydrolysis) is 1. The van der Waals surface area contributed by atoms with E-state index in [1.807, 2.05) is 30.3 Å². The second-order valence-corrected chi connectivity index (χ2v) is 7.23. The van der Waals surface area contributed by atoms with Gasteiger partial charge in [-0.2, -0.15) is 0 Å². The van der Waals surface area contributed by atoms with Crippen LogP contribution in [-0.4, -0.2) is 24.7 Å². The van der Waals surface area contributed by atoms with E-state index in [2.05, 4.69) is 15.5 Å². The van der Waals surface area contributed by atoms with E-state index in [1.54, 1.807) is 12.1 Å². The van der Waals surface area contributed by atoms with Gasteiger partial charge in [0, 0.05) is 12.8 Å². The Kier molecular flexibility index (Phi) is 8.44. The molecule has 0 aromatic heterocycles. The molecule has 0 unspecified atom stereocenters. The molecule has 0 radical (unpaired) electrons. The van der Waals surface area contributed by atoms with Gasteiger partial charge < -0.3 is 27.8 Å². The maximum Gasteiger partial charge on any atom is 0.407 e. The number of benzene rings is 2. The number of rotatable bonds is 6. The monoisotopic (exact) mass is 417 g/mol. The first-order chi connectivity index (χ1) is 13.6. The second kappa shape index (κ2) is 10.8. The van der Waals surface area contributed by atoms with E-state index in [0.717, 1.165) is 43.5 Å². The molecule has 3 rings (SSSR count). The SMILES string of the molecule is [C-]#[N+]c1cc(CCC2(NC(=O)OCc3ccccc3)CC[NH2+]CC2)ccc1F.[Cl-]. The average molecular weight is 418 g/mol. The van der Waals surface area contributed by atoms with Crippen LogP contribution < -0.4 is 23.0 Å². The van der Waals surface area contributed by atoms with E-state index in [-0.39, 0.29) is 30.2 Å². The lowest BCUT2D eigenvalue weighted by atomic mass is 9.83. The molecule has 0 atom stereocenters. The van der Waals surface area contributed by atoms with Crippen molar-refractivity contribution in [3.8, 4) is 0 Å². The molecule has 2 aromatic rings. The number of ether oxygens (including phenoxy) is 1. The molecule has 1 fully saturated rings. The molecule has 3 N–H and O–H groups in total. The molecule has 1 amide bonds. The number of hydrogen-bond donors (Lipinski definition) is 2. The molecule has 2 aromatic carbocycles. The van der Waals surface area contributed by atoms with E-state index in [1.165, 1.54) is 6.07 Å². The van der Waals surface area contributed by atoms with Crippen LogP contribution in [0.3, 0.4) is 0 Å². The summed E-state index contributed by atoms with van der Waals surface area (Å²) in [7, 11) is 0. The first-order valence-corrected chi connectivity index (χ1v) is 9.57. The number of hydrogen-bond acceptors (Lipinski definition) is 2. The number of halogens is 2. The van der Waals surface area contributed by atoms with Crippen molar-refractivity contribution >= 4 is 11.8 Å². The number of aryl methyl sites for hydroxylation is 1. The summed E-state index contributed by atoms with van der Waals surface area (Å²) in [6.45, 7) is 9.18. The summed E-state index contributed by atoms with van der Waals surface area (Å²) < 4.78 is 19.0. The molecular weight excluding hydrogens is 393 g/mol. The van der Waals surface area contributed by atoms with Gasteiger partial charge in [-0.15, -0.1) is 0 Å². The van der Waals surface area contributed by atoms with Gasteiger partial charge in [-0.1, -0.05) is 48.0 Å². The van der Waals surface area contributed by atoms with Crippen LogP contribution in [0.25, 0.3) is 4.85 Å². The summed E-state index contributed by atoms with van der Waals surface area (Å²) >= 11 is 0. The number of amides is 1. The zero-order valence-corrected chi connectivity index (χ0v) is 16.9. The number of nitrogens with one attached hydrogen (secondary N) is 1. The molecule has 0 bridgehead atoms. The van der Waals surface area contributed by atoms with Gasteiger partial charge in [0.25, 0.3) is 0 Å². The van der Waals surface area contributed by atoms with Crippen molar-refractivity contribution in [2.75, 3.05) is 13.1 Å². The van der Waals surface area contributed by atoms with Crippen LogP contribution in [0.15, 0.2) is 48.5 Å². The third-order valence-corrected chi connectivity index (χ3v) is 5.26. The Labute approximate surface area is 176 Å². The van der Waals surface area contributed by atoms with Gasteiger partial charge in [0.05, 0.1) is 25.2 Å². The van der Waals surface area contributed by atoms with E-state index >= 15 is 0 Å². The molecule has 1 heterocycles. The van der Waals surface area contributed by atoms with Crippen LogP contribution in [0.1, 0.15) is 30.4 Å². The van der Waals surface area contributed by atoms with Gasteiger partial charge in [-0.05, 0) is 24.5 Å². The molecule has 7 heteroatoms. The number of nitrogens with zero attached hydrogens (tertiary/aromatic N) is 1. The number of carbonyl (C=O) groups excluding carboxylic acids is 1. The number of quaternary nitrogens is 1. The Hall–Kier alpha value is -2.62. The van der Waals surface area contributed by atoms with Crippen LogP contribution >= 0.6 is 0 Å². The van der Waals surface area contributed by atoms with Crippen molar-refractivity contribution in [1.29, 1.82) is 0 Å². The Morgan fingerprint density at radius 1 is 1.17 bits per heavy atom. The minimum Gasteiger partial charge on any atom is -1.00 e. The Bertz CT molecular complexity index is 849. The van der Waals surface area contributed by atoms with Gasteiger partial charge in [-0.25, -0.2) is 14.0 Å². The first kappa shape index (κ1) is 22.7. The molecule has 1 aliphatic rings. The van der Waals surface area contributed by atoms with Crippen molar-refractivity contribution in [3.05, 3.63) is 76.9 Å². The lowest BCUT2D eigenvalue weighted by Crippen LogP contribution is -3.00. The highest BCUT2D eigenvalue weighted by molar-refractivity contribution is 5.68. The summed E-state index contributed by atoms with van der Waals surface area (Å²) in [5, 5.41) is 5.34. The fourth-order valence-corrected chi connectivity index (χ4v) is 3.62. The largest absolute Gasteiger partial charge is 1.00 e. The highest BCUT2D eigenvalue weighted by atomic mass is 35.5. The molecule has 1 aliphatic heterocycles. The van der Waals surface area contributed by atoms with Gasteiger partial charge in [0.15, 0.2) is 0 Å². The van der Waals surface area contributed by atoms with Crippen LogP contribution in [-0.2, 0) is 17.8 Å². The van der Waals surface area contributed by atoms with Crippen molar-refractivity contribution < 1.29 is 31.6 Å². The molecule has 154 valence electrons. The minimum atomic E-state index is -0.497. The fraction of sp³-hybridized carbons (Fsp3) is 0.364. The normalized spacial score (nSPS) is 14.9. The van der Waals surface area contributed by atoms with Crippen LogP contribution in [0, 0.1) is 12.4 Å². The molecule has 5 nitrogen and oxygen atoms in total. The van der Waals surface area contributed by atoms with E-state index in [4.69, 9.17) is 11.3 Å². The highest BCUT2D eigenvalue weighted by Crippen LogP contribution is 2.26. The predicted molar refractivity (Wildman–Crippen MR) is 104 cm³/mol. The smallest absolute Gasteiger partial charge is 0.407 e. The maximum atomic E-state index is 13.5. The zero-order valence-electron chi connectivity index (χ0n) is 16.2. The van der Waals surface area contributed by atoms with Crippen molar-refractivity contribution in [1.82, 2.24) is 5.32 Å². The summed E-state index contributed by atoms with van der Waals surface area (Å²) in [5.74, 6) is -0.497. The number of nitrogens with two attached hydrogens (primary N) is 1. The summed E-state index contributed by atoms with van der Waals surface area (Å²) in [5.41, 5.74) is 1.55. The van der Waals surface area contributed by atoms with E-state index in [9.17, 15) is 9.18 Å². The minimum absolute atomic E-state index is 0. The zero-order chi connectivity index (χ0) is 19.8. The van der Waals surface area contributed by atoms with Crippen LogP contribution in [0.5, 0.6) is 0 Å². The van der Waals surface area contributed by atoms with E-state index < -0.39 is 11.9 Å². The number of piperidine rings is 1. The second-order valence-electron chi connectivity index (χ2n) is 7.23. The van der Waals surface area contributed by atoms with Gasteiger partial charge in [-0.3, -0.25) is 0 Å². The highest BCUT2D eigenvalue weighted by Gasteiger charge is 2.35. The van der Waals surface area contributed by atoms with Crippen molar-refractivity contribution in [2.45, 2.75) is 37.8 Å². The Morgan fingerprint density at radius 3 is 2.59 bits per heavy atom. The Morgan fingerprint density at radius 2 is 1.90 bits per heavy atom. The van der Waals surface area contributed by atoms with Crippen molar-refractivity contribution in [3.63, 3.8) is 0 Å². The molecule has 0 spiro atoms. The van der Waals surface area contributed by atoms with Gasteiger partial charge in [0.1, 0.15) is 12.4 Å². The first-order valence-electron chi connectivity index (χ1n) is 9.57. The van der Waals surface area contributed by atoms with Gasteiger partial charge in [0.2, 0.25) is 5.69 Å². The standard InChI is InChI=1S/C22H24FN3O2.ClH/c1-24-20-15-17(7-8-19(20)23)9-10-22(11-13-25-14-12-22)26-21(27)28-16-18-5-3-2-4-6-18;/h2-8,15,25H,9-14,16H2,(H,26,27);1H. The van der Waals surface area contributed by atoms with E-state index in [0.29, 0.717) is 6.42 Å². The molecule has 0 aliphatic carbocycles. The maximum absolute atomic E-state index is 13.5. The molecule has 1 saturated heterocycles. The topological polar surface area (TPSA) is 59.3 Å². The quantitative estimate of drug-likeness (QED) is 0.666. The Balaban J connectivity index is 0.00000300. The molecule has 29 heavy (non-hydrogen) atoms. The third kappa shape index (κ3) is 6.45. The molecular formula is C22H25ClFN3O2. The summed E-state index contributed by atoms with van der Waals surface area (Å²) in [6.07, 6.45) is 2.69. The summed E-state index contributed by atoms with van der Waals surface area (Å²) in [6, 6.07) is 14.2. The van der Waals surface area contributed by atoms with Crippen LogP contribution in [0.2, 0.25) is 0 Å². The number of carbonyl (C=O) groups is 1. The average Bonchev–Trinajstić information content (AvgIpc) is 2.73. The van der Waals surface area contributed by atoms with Crippen LogP contribution in [0.4, 0.5) is 14.9 Å². The predicted octanol–water partition coefficient (Wildman–Crippen LogP) is 0.335.